The Morgan fingerprint density at radius 2 is 2.10 bits per heavy atom. The van der Waals surface area contributed by atoms with Gasteiger partial charge in [-0.3, -0.25) is 4.79 Å². The fourth-order valence-electron chi connectivity index (χ4n) is 1.80. The molecule has 6 nitrogen and oxygen atoms in total. The number of ether oxygens (including phenoxy) is 1. The van der Waals surface area contributed by atoms with Gasteiger partial charge in [0.1, 0.15) is 11.5 Å². The van der Waals surface area contributed by atoms with Crippen LogP contribution in [0.5, 0.6) is 5.75 Å². The van der Waals surface area contributed by atoms with E-state index in [1.54, 1.807) is 33.1 Å². The highest BCUT2D eigenvalue weighted by atomic mass is 16.5. The Kier molecular flexibility index (Phi) is 4.59. The van der Waals surface area contributed by atoms with E-state index in [1.807, 2.05) is 12.1 Å². The van der Waals surface area contributed by atoms with Crippen molar-refractivity contribution in [2.24, 2.45) is 0 Å². The third-order valence-corrected chi connectivity index (χ3v) is 3.00. The Bertz CT molecular complexity index is 619. The molecule has 0 aliphatic rings. The van der Waals surface area contributed by atoms with Crippen LogP contribution in [0.2, 0.25) is 0 Å². The zero-order chi connectivity index (χ0) is 15.4. The summed E-state index contributed by atoms with van der Waals surface area (Å²) in [5.74, 6) is 1.18. The molecule has 2 rings (SSSR count). The second-order valence-electron chi connectivity index (χ2n) is 4.71. The number of aliphatic hydroxyl groups is 1. The summed E-state index contributed by atoms with van der Waals surface area (Å²) in [5, 5.41) is 11.6. The van der Waals surface area contributed by atoms with Gasteiger partial charge in [-0.05, 0) is 38.1 Å². The number of carbonyl (C=O) groups is 1. The summed E-state index contributed by atoms with van der Waals surface area (Å²) in [6.45, 7) is 3.25. The second-order valence-corrected chi connectivity index (χ2v) is 4.71. The molecule has 21 heavy (non-hydrogen) atoms. The van der Waals surface area contributed by atoms with Crippen LogP contribution in [-0.4, -0.2) is 35.8 Å². The molecule has 0 saturated heterocycles. The van der Waals surface area contributed by atoms with E-state index in [0.717, 1.165) is 11.3 Å². The van der Waals surface area contributed by atoms with Crippen LogP contribution >= 0.6 is 0 Å². The molecule has 1 heterocycles. The first-order valence-electron chi connectivity index (χ1n) is 6.58. The maximum absolute atomic E-state index is 12.0. The summed E-state index contributed by atoms with van der Waals surface area (Å²) in [7, 11) is 1.59. The summed E-state index contributed by atoms with van der Waals surface area (Å²) >= 11 is 0. The zero-order valence-corrected chi connectivity index (χ0v) is 12.2. The molecule has 1 aromatic carbocycles. The number of nitrogens with one attached hydrogen (secondary N) is 1. The van der Waals surface area contributed by atoms with Gasteiger partial charge in [-0.1, -0.05) is 0 Å². The number of nitrogens with zero attached hydrogens (tertiary/aromatic N) is 1. The molecule has 6 heteroatoms. The van der Waals surface area contributed by atoms with E-state index in [9.17, 15) is 4.79 Å². The van der Waals surface area contributed by atoms with Crippen LogP contribution in [0, 0.1) is 6.92 Å². The maximum atomic E-state index is 12.0. The van der Waals surface area contributed by atoms with Crippen LogP contribution in [0.25, 0.3) is 11.5 Å². The van der Waals surface area contributed by atoms with Gasteiger partial charge < -0.3 is 19.6 Å². The predicted molar refractivity (Wildman–Crippen MR) is 77.2 cm³/mol. The maximum Gasteiger partial charge on any atom is 0.273 e. The fourth-order valence-corrected chi connectivity index (χ4v) is 1.80. The van der Waals surface area contributed by atoms with Crippen molar-refractivity contribution < 1.29 is 19.1 Å². The minimum atomic E-state index is -0.363. The molecule has 0 aliphatic carbocycles. The highest BCUT2D eigenvalue weighted by Gasteiger charge is 2.19. The van der Waals surface area contributed by atoms with Gasteiger partial charge in [0, 0.05) is 11.6 Å². The average Bonchev–Trinajstić information content (AvgIpc) is 2.89. The van der Waals surface area contributed by atoms with Crippen molar-refractivity contribution in [2.75, 3.05) is 13.7 Å². The van der Waals surface area contributed by atoms with Crippen LogP contribution in [0.3, 0.4) is 0 Å². The smallest absolute Gasteiger partial charge is 0.273 e. The summed E-state index contributed by atoms with van der Waals surface area (Å²) in [5.41, 5.74) is 0.981. The molecule has 1 aromatic heterocycles. The minimum absolute atomic E-state index is 0.131. The second kappa shape index (κ2) is 6.41. The topological polar surface area (TPSA) is 84.6 Å². The van der Waals surface area contributed by atoms with Crippen molar-refractivity contribution in [2.45, 2.75) is 19.9 Å². The normalized spacial score (nSPS) is 12.0. The van der Waals surface area contributed by atoms with E-state index in [1.165, 1.54) is 0 Å². The molecular formula is C15H18N2O4. The SMILES string of the molecule is COc1ccc(-c2nc(C(=O)NC(C)CO)c(C)o2)cc1. The van der Waals surface area contributed by atoms with E-state index in [-0.39, 0.29) is 24.2 Å². The van der Waals surface area contributed by atoms with Gasteiger partial charge in [-0.15, -0.1) is 0 Å². The van der Waals surface area contributed by atoms with Crippen LogP contribution in [0.4, 0.5) is 0 Å². The Hall–Kier alpha value is -2.34. The summed E-state index contributed by atoms with van der Waals surface area (Å²) < 4.78 is 10.6. The van der Waals surface area contributed by atoms with Crippen LogP contribution in [0.1, 0.15) is 23.2 Å². The number of oxazole rings is 1. The molecule has 112 valence electrons. The van der Waals surface area contributed by atoms with Crippen molar-refractivity contribution in [3.8, 4) is 17.2 Å². The highest BCUT2D eigenvalue weighted by molar-refractivity contribution is 5.93. The van der Waals surface area contributed by atoms with E-state index < -0.39 is 0 Å². The zero-order valence-electron chi connectivity index (χ0n) is 12.2. The summed E-state index contributed by atoms with van der Waals surface area (Å²) in [4.78, 5) is 16.2. The van der Waals surface area contributed by atoms with Gasteiger partial charge in [0.25, 0.3) is 5.91 Å². The number of benzene rings is 1. The molecule has 0 aliphatic heterocycles. The van der Waals surface area contributed by atoms with Gasteiger partial charge in [0.15, 0.2) is 5.69 Å². The summed E-state index contributed by atoms with van der Waals surface area (Å²) in [6.07, 6.45) is 0. The molecule has 0 radical (unpaired) electrons. The van der Waals surface area contributed by atoms with E-state index in [0.29, 0.717) is 11.7 Å². The van der Waals surface area contributed by atoms with Gasteiger partial charge in [0.2, 0.25) is 5.89 Å². The van der Waals surface area contributed by atoms with Crippen molar-refractivity contribution in [3.05, 3.63) is 35.7 Å². The van der Waals surface area contributed by atoms with Crippen molar-refractivity contribution >= 4 is 5.91 Å². The monoisotopic (exact) mass is 290 g/mol. The van der Waals surface area contributed by atoms with Gasteiger partial charge in [0.05, 0.1) is 13.7 Å². The van der Waals surface area contributed by atoms with Gasteiger partial charge in [-0.25, -0.2) is 4.98 Å². The third-order valence-electron chi connectivity index (χ3n) is 3.00. The number of hydrogen-bond donors (Lipinski definition) is 2. The van der Waals surface area contributed by atoms with E-state index in [2.05, 4.69) is 10.3 Å². The number of carbonyl (C=O) groups excluding carboxylic acids is 1. The molecular weight excluding hydrogens is 272 g/mol. The number of aliphatic hydroxyl groups excluding tert-OH is 1. The standard InChI is InChI=1S/C15H18N2O4/c1-9(8-18)16-14(19)13-10(2)21-15(17-13)11-4-6-12(20-3)7-5-11/h4-7,9,18H,8H2,1-3H3,(H,16,19). The largest absolute Gasteiger partial charge is 0.497 e. The lowest BCUT2D eigenvalue weighted by Gasteiger charge is -2.08. The van der Waals surface area contributed by atoms with Crippen LogP contribution in [-0.2, 0) is 0 Å². The minimum Gasteiger partial charge on any atom is -0.497 e. The number of aromatic nitrogens is 1. The third kappa shape index (κ3) is 3.41. The number of amides is 1. The predicted octanol–water partition coefficient (Wildman–Crippen LogP) is 1.77. The van der Waals surface area contributed by atoms with Crippen LogP contribution in [0.15, 0.2) is 28.7 Å². The molecule has 1 atom stereocenters. The molecule has 1 unspecified atom stereocenters. The fraction of sp³-hybridized carbons (Fsp3) is 0.333. The molecule has 0 fully saturated rings. The molecule has 1 amide bonds. The van der Waals surface area contributed by atoms with E-state index in [4.69, 9.17) is 14.3 Å². The first kappa shape index (κ1) is 15.1. The average molecular weight is 290 g/mol. The summed E-state index contributed by atoms with van der Waals surface area (Å²) in [6, 6.07) is 6.87. The lowest BCUT2D eigenvalue weighted by atomic mass is 10.2. The Morgan fingerprint density at radius 3 is 2.67 bits per heavy atom. The lowest BCUT2D eigenvalue weighted by Crippen LogP contribution is -2.35. The Labute approximate surface area is 122 Å². The molecule has 0 saturated carbocycles. The quantitative estimate of drug-likeness (QED) is 0.876. The number of rotatable bonds is 5. The molecule has 2 N–H and O–H groups in total. The number of hydrogen-bond acceptors (Lipinski definition) is 5. The lowest BCUT2D eigenvalue weighted by molar-refractivity contribution is 0.0916. The number of aryl methyl sites for hydroxylation is 1. The van der Waals surface area contributed by atoms with Crippen molar-refractivity contribution in [3.63, 3.8) is 0 Å². The molecule has 0 bridgehead atoms. The van der Waals surface area contributed by atoms with Gasteiger partial charge >= 0.3 is 0 Å². The van der Waals surface area contributed by atoms with Crippen LogP contribution < -0.4 is 10.1 Å². The highest BCUT2D eigenvalue weighted by Crippen LogP contribution is 2.24. The van der Waals surface area contributed by atoms with E-state index >= 15 is 0 Å². The Morgan fingerprint density at radius 1 is 1.43 bits per heavy atom. The van der Waals surface area contributed by atoms with Crippen molar-refractivity contribution in [1.82, 2.24) is 10.3 Å². The number of methoxy groups -OCH3 is 1. The first-order chi connectivity index (χ1) is 10.0. The Balaban J connectivity index is 2.23. The van der Waals surface area contributed by atoms with Crippen molar-refractivity contribution in [1.29, 1.82) is 0 Å². The first-order valence-corrected chi connectivity index (χ1v) is 6.58. The molecule has 0 spiro atoms. The molecule has 2 aromatic rings. The van der Waals surface area contributed by atoms with Gasteiger partial charge in [-0.2, -0.15) is 0 Å².